The zero-order valence-corrected chi connectivity index (χ0v) is 18.0. The van der Waals surface area contributed by atoms with Crippen LogP contribution < -0.4 is 4.74 Å². The molecule has 158 valence electrons. The molecule has 0 amide bonds. The summed E-state index contributed by atoms with van der Waals surface area (Å²) in [7, 11) is 0. The van der Waals surface area contributed by atoms with E-state index < -0.39 is 0 Å². The maximum Gasteiger partial charge on any atom is 0.201 e. The summed E-state index contributed by atoms with van der Waals surface area (Å²) in [6.45, 7) is 7.42. The molecular weight excluding hydrogens is 386 g/mol. The van der Waals surface area contributed by atoms with Gasteiger partial charge in [-0.2, -0.15) is 0 Å². The van der Waals surface area contributed by atoms with Crippen molar-refractivity contribution in [2.24, 2.45) is 0 Å². The van der Waals surface area contributed by atoms with E-state index in [1.165, 1.54) is 0 Å². The van der Waals surface area contributed by atoms with Crippen LogP contribution in [0, 0.1) is 0 Å². The quantitative estimate of drug-likeness (QED) is 0.379. The summed E-state index contributed by atoms with van der Waals surface area (Å²) in [5.74, 6) is 0.290. The molecular formula is C27H27NO3. The van der Waals surface area contributed by atoms with Gasteiger partial charge in [-0.15, -0.1) is 0 Å². The van der Waals surface area contributed by atoms with Gasteiger partial charge in [0, 0.05) is 6.54 Å². The number of hydrogen-bond donors (Lipinski definition) is 1. The molecule has 0 atom stereocenters. The molecule has 31 heavy (non-hydrogen) atoms. The second-order valence-electron chi connectivity index (χ2n) is 7.55. The molecule has 0 spiro atoms. The van der Waals surface area contributed by atoms with Crippen molar-refractivity contribution in [3.63, 3.8) is 0 Å². The fourth-order valence-electron chi connectivity index (χ4n) is 4.05. The van der Waals surface area contributed by atoms with E-state index in [0.717, 1.165) is 41.2 Å². The third-order valence-electron chi connectivity index (χ3n) is 5.81. The van der Waals surface area contributed by atoms with Gasteiger partial charge in [0.1, 0.15) is 18.1 Å². The van der Waals surface area contributed by atoms with Gasteiger partial charge in [0.25, 0.3) is 0 Å². The van der Waals surface area contributed by atoms with Crippen LogP contribution >= 0.6 is 0 Å². The lowest BCUT2D eigenvalue weighted by Crippen LogP contribution is -2.28. The smallest absolute Gasteiger partial charge is 0.201 e. The van der Waals surface area contributed by atoms with Crippen LogP contribution in [-0.4, -0.2) is 42.0 Å². The maximum absolute atomic E-state index is 13.9. The molecule has 1 N–H and O–H groups in total. The Morgan fingerprint density at radius 3 is 2.03 bits per heavy atom. The number of phenols is 1. The van der Waals surface area contributed by atoms with Gasteiger partial charge < -0.3 is 14.7 Å². The number of ketones is 1. The molecule has 0 unspecified atom stereocenters. The molecule has 0 radical (unpaired) electrons. The number of phenolic OH excluding ortho intramolecular Hbond substituents is 1. The number of hydrogen-bond acceptors (Lipinski definition) is 4. The fraction of sp³-hybridized carbons (Fsp3) is 0.222. The van der Waals surface area contributed by atoms with Crippen molar-refractivity contribution in [3.05, 3.63) is 83.9 Å². The highest BCUT2D eigenvalue weighted by Crippen LogP contribution is 2.35. The number of aromatic hydroxyl groups is 1. The normalized spacial score (nSPS) is 11.3. The highest BCUT2D eigenvalue weighted by atomic mass is 16.5. The number of rotatable bonds is 8. The molecule has 0 saturated carbocycles. The number of likely N-dealkylation sites (N-methyl/N-ethyl adjacent to an activating group) is 1. The number of carbonyl (C=O) groups excluding carboxylic acids is 1. The SMILES string of the molecule is CCN(CC)CCOc1ccc2ccccc2c1C(=O)c1c(O)ccc2ccccc12. The third kappa shape index (κ3) is 4.12. The first-order chi connectivity index (χ1) is 15.1. The molecule has 0 heterocycles. The Hall–Kier alpha value is -3.37. The average Bonchev–Trinajstić information content (AvgIpc) is 2.81. The van der Waals surface area contributed by atoms with Gasteiger partial charge in [0.05, 0.1) is 11.1 Å². The van der Waals surface area contributed by atoms with Crippen molar-refractivity contribution in [2.45, 2.75) is 13.8 Å². The monoisotopic (exact) mass is 413 g/mol. The Bertz CT molecular complexity index is 1230. The Kier molecular flexibility index (Phi) is 6.19. The molecule has 4 rings (SSSR count). The predicted molar refractivity (Wildman–Crippen MR) is 126 cm³/mol. The first-order valence-electron chi connectivity index (χ1n) is 10.8. The van der Waals surface area contributed by atoms with Crippen molar-refractivity contribution < 1.29 is 14.6 Å². The first-order valence-corrected chi connectivity index (χ1v) is 10.8. The highest BCUT2D eigenvalue weighted by molar-refractivity contribution is 6.24. The first kappa shape index (κ1) is 20.9. The molecule has 0 aliphatic heterocycles. The van der Waals surface area contributed by atoms with Crippen LogP contribution in [0.4, 0.5) is 0 Å². The minimum Gasteiger partial charge on any atom is -0.507 e. The van der Waals surface area contributed by atoms with E-state index >= 15 is 0 Å². The summed E-state index contributed by atoms with van der Waals surface area (Å²) in [6.07, 6.45) is 0. The Labute approximate surface area is 182 Å². The minimum atomic E-state index is -0.232. The number of fused-ring (bicyclic) bond motifs is 2. The molecule has 4 nitrogen and oxygen atoms in total. The van der Waals surface area contributed by atoms with Crippen molar-refractivity contribution >= 4 is 27.3 Å². The second kappa shape index (κ2) is 9.19. The maximum atomic E-state index is 13.9. The lowest BCUT2D eigenvalue weighted by molar-refractivity contribution is 0.103. The van der Waals surface area contributed by atoms with E-state index in [4.69, 9.17) is 4.74 Å². The van der Waals surface area contributed by atoms with Crippen molar-refractivity contribution in [1.82, 2.24) is 4.90 Å². The van der Waals surface area contributed by atoms with E-state index in [-0.39, 0.29) is 11.5 Å². The molecule has 0 bridgehead atoms. The molecule has 4 aromatic carbocycles. The summed E-state index contributed by atoms with van der Waals surface area (Å²) in [5.41, 5.74) is 0.798. The van der Waals surface area contributed by atoms with Crippen molar-refractivity contribution in [1.29, 1.82) is 0 Å². The number of benzene rings is 4. The van der Waals surface area contributed by atoms with Crippen molar-refractivity contribution in [3.8, 4) is 11.5 Å². The average molecular weight is 414 g/mol. The zero-order chi connectivity index (χ0) is 21.8. The molecule has 0 fully saturated rings. The standard InChI is InChI=1S/C27H27NO3/c1-3-28(4-2)17-18-31-24-16-14-20-10-6-8-12-22(20)26(24)27(30)25-21-11-7-5-9-19(21)13-15-23(25)29/h5-16,29H,3-4,17-18H2,1-2H3. The van der Waals surface area contributed by atoms with Crippen molar-refractivity contribution in [2.75, 3.05) is 26.2 Å². The van der Waals surface area contributed by atoms with E-state index in [1.54, 1.807) is 6.07 Å². The summed E-state index contributed by atoms with van der Waals surface area (Å²) in [5, 5.41) is 14.1. The van der Waals surface area contributed by atoms with Crippen LogP contribution in [0.2, 0.25) is 0 Å². The van der Waals surface area contributed by atoms with Gasteiger partial charge in [-0.3, -0.25) is 4.79 Å². The lowest BCUT2D eigenvalue weighted by Gasteiger charge is -2.19. The lowest BCUT2D eigenvalue weighted by atomic mass is 9.92. The number of carbonyl (C=O) groups is 1. The molecule has 0 aromatic heterocycles. The minimum absolute atomic E-state index is 0.0225. The van der Waals surface area contributed by atoms with Gasteiger partial charge in [-0.1, -0.05) is 74.5 Å². The van der Waals surface area contributed by atoms with Crippen LogP contribution in [0.5, 0.6) is 11.5 Å². The second-order valence-corrected chi connectivity index (χ2v) is 7.55. The molecule has 0 aliphatic carbocycles. The number of nitrogens with zero attached hydrogens (tertiary/aromatic N) is 1. The molecule has 0 aliphatic rings. The summed E-state index contributed by atoms with van der Waals surface area (Å²) in [4.78, 5) is 16.2. The third-order valence-corrected chi connectivity index (χ3v) is 5.81. The van der Waals surface area contributed by atoms with Crippen LogP contribution in [-0.2, 0) is 0 Å². The Balaban J connectivity index is 1.82. The van der Waals surface area contributed by atoms with Gasteiger partial charge >= 0.3 is 0 Å². The predicted octanol–water partition coefficient (Wildman–Crippen LogP) is 5.65. The van der Waals surface area contributed by atoms with Crippen LogP contribution in [0.1, 0.15) is 29.8 Å². The molecule has 4 aromatic rings. The summed E-state index contributed by atoms with van der Waals surface area (Å²) >= 11 is 0. The largest absolute Gasteiger partial charge is 0.507 e. The highest BCUT2D eigenvalue weighted by Gasteiger charge is 2.23. The van der Waals surface area contributed by atoms with Gasteiger partial charge in [0.15, 0.2) is 0 Å². The van der Waals surface area contributed by atoms with Crippen LogP contribution in [0.3, 0.4) is 0 Å². The number of ether oxygens (including phenoxy) is 1. The molecule has 0 saturated heterocycles. The topological polar surface area (TPSA) is 49.8 Å². The zero-order valence-electron chi connectivity index (χ0n) is 18.0. The fourth-order valence-corrected chi connectivity index (χ4v) is 4.05. The van der Waals surface area contributed by atoms with Gasteiger partial charge in [-0.25, -0.2) is 0 Å². The summed E-state index contributed by atoms with van der Waals surface area (Å²) in [6, 6.07) is 22.6. The Morgan fingerprint density at radius 2 is 1.39 bits per heavy atom. The van der Waals surface area contributed by atoms with Gasteiger partial charge in [-0.05, 0) is 46.8 Å². The summed E-state index contributed by atoms with van der Waals surface area (Å²) < 4.78 is 6.13. The van der Waals surface area contributed by atoms with E-state index in [9.17, 15) is 9.90 Å². The molecule has 4 heteroatoms. The van der Waals surface area contributed by atoms with E-state index in [1.807, 2.05) is 66.7 Å². The van der Waals surface area contributed by atoms with Crippen LogP contribution in [0.25, 0.3) is 21.5 Å². The van der Waals surface area contributed by atoms with Crippen LogP contribution in [0.15, 0.2) is 72.8 Å². The Morgan fingerprint density at radius 1 is 0.806 bits per heavy atom. The van der Waals surface area contributed by atoms with E-state index in [2.05, 4.69) is 18.7 Å². The van der Waals surface area contributed by atoms with Gasteiger partial charge in [0.2, 0.25) is 5.78 Å². The van der Waals surface area contributed by atoms with E-state index in [0.29, 0.717) is 23.5 Å².